The van der Waals surface area contributed by atoms with Gasteiger partial charge in [0.15, 0.2) is 6.29 Å². The number of ether oxygens (including phenoxy) is 2. The lowest BCUT2D eigenvalue weighted by Gasteiger charge is -2.46. The van der Waals surface area contributed by atoms with Crippen molar-refractivity contribution in [1.29, 1.82) is 0 Å². The van der Waals surface area contributed by atoms with E-state index in [1.165, 1.54) is 39.0 Å². The van der Waals surface area contributed by atoms with E-state index in [2.05, 4.69) is 15.1 Å². The Bertz CT molecular complexity index is 259. The van der Waals surface area contributed by atoms with Crippen LogP contribution in [0.15, 0.2) is 0 Å². The molecule has 0 aromatic rings. The van der Waals surface area contributed by atoms with Crippen LogP contribution in [-0.2, 0) is 9.47 Å². The minimum Gasteiger partial charge on any atom is -0.353 e. The van der Waals surface area contributed by atoms with Crippen molar-refractivity contribution in [3.05, 3.63) is 0 Å². The van der Waals surface area contributed by atoms with Crippen LogP contribution in [0.25, 0.3) is 0 Å². The molecule has 0 radical (unpaired) electrons. The lowest BCUT2D eigenvalue weighted by molar-refractivity contribution is -0.166. The van der Waals surface area contributed by atoms with E-state index in [1.54, 1.807) is 0 Å². The van der Waals surface area contributed by atoms with E-state index in [1.807, 2.05) is 0 Å². The van der Waals surface area contributed by atoms with Gasteiger partial charge in [-0.3, -0.25) is 9.80 Å². The van der Waals surface area contributed by atoms with Gasteiger partial charge in [-0.15, -0.1) is 0 Å². The maximum absolute atomic E-state index is 5.78. The molecule has 0 amide bonds. The Morgan fingerprint density at radius 1 is 1.16 bits per heavy atom. The molecule has 3 heterocycles. The summed E-state index contributed by atoms with van der Waals surface area (Å²) in [5.74, 6) is 0. The van der Waals surface area contributed by atoms with E-state index in [4.69, 9.17) is 9.47 Å². The van der Waals surface area contributed by atoms with Gasteiger partial charge < -0.3 is 14.8 Å². The Labute approximate surface area is 116 Å². The number of rotatable bonds is 5. The Hall–Kier alpha value is -0.200. The molecule has 5 heteroatoms. The normalized spacial score (nSPS) is 31.3. The summed E-state index contributed by atoms with van der Waals surface area (Å²) in [6.45, 7) is 9.91. The number of nitrogens with zero attached hydrogens (tertiary/aromatic N) is 2. The lowest BCUT2D eigenvalue weighted by atomic mass is 10.1. The number of likely N-dealkylation sites (tertiary alicyclic amines) is 1. The van der Waals surface area contributed by atoms with Crippen LogP contribution >= 0.6 is 0 Å². The molecule has 0 saturated carbocycles. The molecule has 3 fully saturated rings. The van der Waals surface area contributed by atoms with Crippen LogP contribution < -0.4 is 5.32 Å². The molecule has 5 nitrogen and oxygen atoms in total. The van der Waals surface area contributed by atoms with E-state index in [-0.39, 0.29) is 6.29 Å². The van der Waals surface area contributed by atoms with Crippen molar-refractivity contribution in [3.8, 4) is 0 Å². The van der Waals surface area contributed by atoms with E-state index >= 15 is 0 Å². The fourth-order valence-corrected chi connectivity index (χ4v) is 3.16. The largest absolute Gasteiger partial charge is 0.353 e. The maximum atomic E-state index is 5.78. The molecule has 19 heavy (non-hydrogen) atoms. The summed E-state index contributed by atoms with van der Waals surface area (Å²) in [5.41, 5.74) is 0. The molecule has 0 aliphatic carbocycles. The first kappa shape index (κ1) is 13.8. The van der Waals surface area contributed by atoms with Crippen molar-refractivity contribution >= 4 is 0 Å². The van der Waals surface area contributed by atoms with Crippen molar-refractivity contribution < 1.29 is 9.47 Å². The molecular weight excluding hydrogens is 242 g/mol. The molecule has 0 bridgehead atoms. The zero-order valence-electron chi connectivity index (χ0n) is 11.9. The van der Waals surface area contributed by atoms with Crippen molar-refractivity contribution in [1.82, 2.24) is 15.1 Å². The summed E-state index contributed by atoms with van der Waals surface area (Å²) in [7, 11) is 0. The Morgan fingerprint density at radius 3 is 2.74 bits per heavy atom. The number of hydrogen-bond donors (Lipinski definition) is 1. The summed E-state index contributed by atoms with van der Waals surface area (Å²) >= 11 is 0. The van der Waals surface area contributed by atoms with Gasteiger partial charge in [0.25, 0.3) is 0 Å². The summed E-state index contributed by atoms with van der Waals surface area (Å²) in [5, 5.41) is 3.41. The Kier molecular flexibility index (Phi) is 5.07. The third kappa shape index (κ3) is 3.89. The molecule has 0 spiro atoms. The highest BCUT2D eigenvalue weighted by atomic mass is 16.7. The van der Waals surface area contributed by atoms with Crippen molar-refractivity contribution in [2.75, 3.05) is 59.0 Å². The zero-order chi connectivity index (χ0) is 12.9. The molecular formula is C14H27N3O2. The van der Waals surface area contributed by atoms with Gasteiger partial charge in [0.1, 0.15) is 0 Å². The highest BCUT2D eigenvalue weighted by Crippen LogP contribution is 2.16. The van der Waals surface area contributed by atoms with E-state index < -0.39 is 0 Å². The van der Waals surface area contributed by atoms with Crippen molar-refractivity contribution in [3.63, 3.8) is 0 Å². The van der Waals surface area contributed by atoms with Gasteiger partial charge in [0, 0.05) is 58.5 Å². The van der Waals surface area contributed by atoms with Crippen LogP contribution in [0.2, 0.25) is 0 Å². The monoisotopic (exact) mass is 269 g/mol. The molecule has 3 aliphatic heterocycles. The zero-order valence-corrected chi connectivity index (χ0v) is 11.9. The summed E-state index contributed by atoms with van der Waals surface area (Å²) in [6.07, 6.45) is 3.58. The van der Waals surface area contributed by atoms with Gasteiger partial charge in [0.2, 0.25) is 0 Å². The minimum absolute atomic E-state index is 0.0685. The smallest absolute Gasteiger partial charge is 0.157 e. The SMILES string of the molecule is C1CCC(OCCN2CC(N3CCNCC3)C2)OC1. The summed E-state index contributed by atoms with van der Waals surface area (Å²) < 4.78 is 11.4. The summed E-state index contributed by atoms with van der Waals surface area (Å²) in [6, 6.07) is 0.785. The molecule has 3 rings (SSSR count). The van der Waals surface area contributed by atoms with Gasteiger partial charge in [0.05, 0.1) is 6.61 Å². The molecule has 110 valence electrons. The molecule has 3 saturated heterocycles. The predicted octanol–water partition coefficient (Wildman–Crippen LogP) is 0.119. The first-order valence-corrected chi connectivity index (χ1v) is 7.82. The second kappa shape index (κ2) is 6.99. The number of piperazine rings is 1. The van der Waals surface area contributed by atoms with Crippen LogP contribution in [0, 0.1) is 0 Å². The van der Waals surface area contributed by atoms with Gasteiger partial charge in [-0.25, -0.2) is 0 Å². The second-order valence-corrected chi connectivity index (χ2v) is 5.87. The fourth-order valence-electron chi connectivity index (χ4n) is 3.16. The highest BCUT2D eigenvalue weighted by molar-refractivity contribution is 4.89. The second-order valence-electron chi connectivity index (χ2n) is 5.87. The van der Waals surface area contributed by atoms with Crippen LogP contribution in [0.1, 0.15) is 19.3 Å². The van der Waals surface area contributed by atoms with Gasteiger partial charge in [-0.2, -0.15) is 0 Å². The van der Waals surface area contributed by atoms with E-state index in [0.717, 1.165) is 45.3 Å². The third-order valence-corrected chi connectivity index (χ3v) is 4.46. The maximum Gasteiger partial charge on any atom is 0.157 e. The highest BCUT2D eigenvalue weighted by Gasteiger charge is 2.31. The van der Waals surface area contributed by atoms with Crippen LogP contribution in [0.4, 0.5) is 0 Å². The van der Waals surface area contributed by atoms with Gasteiger partial charge in [-0.1, -0.05) is 0 Å². The van der Waals surface area contributed by atoms with Crippen LogP contribution in [-0.4, -0.2) is 81.2 Å². The molecule has 0 aromatic carbocycles. The standard InChI is InChI=1S/C14H27N3O2/c1-2-9-18-14(3-1)19-10-8-16-11-13(12-16)17-6-4-15-5-7-17/h13-15H,1-12H2. The van der Waals surface area contributed by atoms with E-state index in [0.29, 0.717) is 0 Å². The third-order valence-electron chi connectivity index (χ3n) is 4.46. The van der Waals surface area contributed by atoms with Crippen LogP contribution in [0.5, 0.6) is 0 Å². The average molecular weight is 269 g/mol. The first-order chi connectivity index (χ1) is 9.42. The summed E-state index contributed by atoms with van der Waals surface area (Å²) in [4.78, 5) is 5.12. The molecule has 1 N–H and O–H groups in total. The van der Waals surface area contributed by atoms with Crippen molar-refractivity contribution in [2.45, 2.75) is 31.6 Å². The van der Waals surface area contributed by atoms with Gasteiger partial charge >= 0.3 is 0 Å². The topological polar surface area (TPSA) is 37.0 Å². The quantitative estimate of drug-likeness (QED) is 0.767. The molecule has 3 aliphatic rings. The van der Waals surface area contributed by atoms with Gasteiger partial charge in [-0.05, 0) is 19.3 Å². The Morgan fingerprint density at radius 2 is 2.00 bits per heavy atom. The molecule has 1 atom stereocenters. The minimum atomic E-state index is 0.0685. The first-order valence-electron chi connectivity index (χ1n) is 7.82. The number of hydrogen-bond acceptors (Lipinski definition) is 5. The molecule has 1 unspecified atom stereocenters. The number of nitrogens with one attached hydrogen (secondary N) is 1. The Balaban J connectivity index is 1.25. The average Bonchev–Trinajstić information content (AvgIpc) is 2.43. The van der Waals surface area contributed by atoms with Crippen LogP contribution in [0.3, 0.4) is 0 Å². The lowest BCUT2D eigenvalue weighted by Crippen LogP contribution is -2.63. The predicted molar refractivity (Wildman–Crippen MR) is 74.2 cm³/mol. The fraction of sp³-hybridized carbons (Fsp3) is 1.00. The van der Waals surface area contributed by atoms with E-state index in [9.17, 15) is 0 Å². The van der Waals surface area contributed by atoms with Crippen molar-refractivity contribution in [2.24, 2.45) is 0 Å². The molecule has 0 aromatic heterocycles.